The van der Waals surface area contributed by atoms with E-state index in [9.17, 15) is 8.78 Å². The number of anilines is 1. The van der Waals surface area contributed by atoms with E-state index < -0.39 is 6.61 Å². The van der Waals surface area contributed by atoms with Crippen LogP contribution in [0.3, 0.4) is 0 Å². The molecule has 0 radical (unpaired) electrons. The van der Waals surface area contributed by atoms with Crippen molar-refractivity contribution in [2.24, 2.45) is 0 Å². The van der Waals surface area contributed by atoms with Crippen molar-refractivity contribution >= 4 is 17.0 Å². The Bertz CT molecular complexity index is 604. The summed E-state index contributed by atoms with van der Waals surface area (Å²) in [6.45, 7) is 0.970. The van der Waals surface area contributed by atoms with Crippen LogP contribution in [0.2, 0.25) is 0 Å². The number of halogens is 2. The lowest BCUT2D eigenvalue weighted by Gasteiger charge is -2.18. The van der Waals surface area contributed by atoms with E-state index in [-0.39, 0.29) is 11.8 Å². The summed E-state index contributed by atoms with van der Waals surface area (Å²) >= 11 is 1.51. The zero-order chi connectivity index (χ0) is 15.4. The Kier molecular flexibility index (Phi) is 4.95. The Morgan fingerprint density at radius 2 is 2.10 bits per heavy atom. The van der Waals surface area contributed by atoms with E-state index >= 15 is 0 Å². The minimum absolute atomic E-state index is 0.0790. The van der Waals surface area contributed by atoms with Crippen LogP contribution in [0.15, 0.2) is 23.7 Å². The molecule has 0 aliphatic heterocycles. The van der Waals surface area contributed by atoms with Gasteiger partial charge >= 0.3 is 6.61 Å². The van der Waals surface area contributed by atoms with Gasteiger partial charge in [0.1, 0.15) is 11.5 Å². The highest BCUT2D eigenvalue weighted by atomic mass is 32.1. The average molecular weight is 314 g/mol. The minimum atomic E-state index is -2.88. The van der Waals surface area contributed by atoms with Gasteiger partial charge in [-0.2, -0.15) is 8.78 Å². The molecule has 2 rings (SSSR count). The van der Waals surface area contributed by atoms with Gasteiger partial charge in [-0.15, -0.1) is 11.3 Å². The number of rotatable bonds is 6. The van der Waals surface area contributed by atoms with Gasteiger partial charge in [-0.3, -0.25) is 0 Å². The number of nitrogens with zero attached hydrogens (tertiary/aromatic N) is 1. The number of ether oxygens (including phenoxy) is 2. The van der Waals surface area contributed by atoms with Gasteiger partial charge in [0.25, 0.3) is 0 Å². The highest BCUT2D eigenvalue weighted by Gasteiger charge is 2.16. The lowest BCUT2D eigenvalue weighted by molar-refractivity contribution is -0.0494. The van der Waals surface area contributed by atoms with E-state index in [2.05, 4.69) is 15.0 Å². The van der Waals surface area contributed by atoms with E-state index in [4.69, 9.17) is 4.74 Å². The summed E-state index contributed by atoms with van der Waals surface area (Å²) in [5.74, 6) is 0.646. The average Bonchev–Trinajstić information content (AvgIpc) is 2.86. The van der Waals surface area contributed by atoms with Crippen molar-refractivity contribution in [2.45, 2.75) is 26.5 Å². The van der Waals surface area contributed by atoms with Crippen LogP contribution in [0, 0.1) is 6.92 Å². The fourth-order valence-corrected chi connectivity index (χ4v) is 2.78. The van der Waals surface area contributed by atoms with Crippen molar-refractivity contribution in [1.29, 1.82) is 0 Å². The molecule has 0 bridgehead atoms. The van der Waals surface area contributed by atoms with Gasteiger partial charge in [-0.05, 0) is 26.0 Å². The molecule has 1 heterocycles. The van der Waals surface area contributed by atoms with Gasteiger partial charge in [-0.25, -0.2) is 4.98 Å². The lowest BCUT2D eigenvalue weighted by Crippen LogP contribution is -2.10. The summed E-state index contributed by atoms with van der Waals surface area (Å²) in [6, 6.07) is 4.58. The summed E-state index contributed by atoms with van der Waals surface area (Å²) in [4.78, 5) is 5.23. The highest BCUT2D eigenvalue weighted by molar-refractivity contribution is 7.09. The molecule has 0 amide bonds. The first-order valence-corrected chi connectivity index (χ1v) is 7.18. The topological polar surface area (TPSA) is 43.4 Å². The monoisotopic (exact) mass is 314 g/mol. The number of thiazole rings is 1. The molecule has 0 saturated heterocycles. The Hall–Kier alpha value is -1.89. The van der Waals surface area contributed by atoms with Crippen molar-refractivity contribution < 1.29 is 18.3 Å². The number of hydrogen-bond acceptors (Lipinski definition) is 5. The predicted molar refractivity (Wildman–Crippen MR) is 78.5 cm³/mol. The van der Waals surface area contributed by atoms with Crippen molar-refractivity contribution in [3.8, 4) is 11.5 Å². The third-order valence-corrected chi connectivity index (χ3v) is 4.06. The molecule has 21 heavy (non-hydrogen) atoms. The van der Waals surface area contributed by atoms with Crippen LogP contribution in [-0.4, -0.2) is 18.7 Å². The molecule has 114 valence electrons. The van der Waals surface area contributed by atoms with Gasteiger partial charge in [0.15, 0.2) is 0 Å². The maximum absolute atomic E-state index is 12.5. The maximum atomic E-state index is 12.5. The smallest absolute Gasteiger partial charge is 0.387 e. The van der Waals surface area contributed by atoms with Crippen LogP contribution in [0.25, 0.3) is 0 Å². The molecule has 4 nitrogen and oxygen atoms in total. The quantitative estimate of drug-likeness (QED) is 0.866. The number of alkyl halides is 2. The molecule has 7 heteroatoms. The van der Waals surface area contributed by atoms with E-state index in [0.29, 0.717) is 11.4 Å². The molecule has 0 fully saturated rings. The number of nitrogens with one attached hydrogen (secondary N) is 1. The lowest BCUT2D eigenvalue weighted by atomic mass is 10.2. The second-order valence-corrected chi connectivity index (χ2v) is 5.29. The zero-order valence-corrected chi connectivity index (χ0v) is 12.7. The third kappa shape index (κ3) is 3.81. The number of benzene rings is 1. The standard InChI is InChI=1S/C14H16F2N2O2S/c1-8-13(21-7-17-8)9(2)18-11-6-10(19-3)4-5-12(11)20-14(15)16/h4-7,9,14,18H,1-3H3. The normalized spacial score (nSPS) is 12.3. The Morgan fingerprint density at radius 1 is 1.33 bits per heavy atom. The second-order valence-electron chi connectivity index (χ2n) is 4.41. The SMILES string of the molecule is COc1ccc(OC(F)F)c(NC(C)c2scnc2C)c1. The minimum Gasteiger partial charge on any atom is -0.497 e. The highest BCUT2D eigenvalue weighted by Crippen LogP contribution is 2.34. The summed E-state index contributed by atoms with van der Waals surface area (Å²) in [5.41, 5.74) is 3.12. The third-order valence-electron chi connectivity index (χ3n) is 2.95. The molecule has 0 aliphatic rings. The molecular formula is C14H16F2N2O2S. The number of methoxy groups -OCH3 is 1. The van der Waals surface area contributed by atoms with Crippen molar-refractivity contribution in [1.82, 2.24) is 4.98 Å². The molecule has 2 aromatic rings. The fraction of sp³-hybridized carbons (Fsp3) is 0.357. The molecule has 1 aromatic carbocycles. The Morgan fingerprint density at radius 3 is 2.67 bits per heavy atom. The van der Waals surface area contributed by atoms with Gasteiger partial charge in [0, 0.05) is 10.9 Å². The van der Waals surface area contributed by atoms with Crippen molar-refractivity contribution in [2.75, 3.05) is 12.4 Å². The predicted octanol–water partition coefficient (Wildman–Crippen LogP) is 4.23. The summed E-state index contributed by atoms with van der Waals surface area (Å²) < 4.78 is 34.6. The second kappa shape index (κ2) is 6.71. The molecule has 1 unspecified atom stereocenters. The molecule has 0 spiro atoms. The maximum Gasteiger partial charge on any atom is 0.387 e. The van der Waals surface area contributed by atoms with Crippen LogP contribution < -0.4 is 14.8 Å². The number of aryl methyl sites for hydroxylation is 1. The fourth-order valence-electron chi connectivity index (χ4n) is 1.97. The number of hydrogen-bond donors (Lipinski definition) is 1. The van der Waals surface area contributed by atoms with E-state index in [1.165, 1.54) is 24.5 Å². The van der Waals surface area contributed by atoms with Gasteiger partial charge in [-0.1, -0.05) is 0 Å². The molecule has 1 atom stereocenters. The Balaban J connectivity index is 2.26. The first kappa shape index (κ1) is 15.5. The molecular weight excluding hydrogens is 298 g/mol. The number of aromatic nitrogens is 1. The summed E-state index contributed by atoms with van der Waals surface area (Å²) in [7, 11) is 1.52. The Labute approximate surface area is 125 Å². The van der Waals surface area contributed by atoms with Crippen molar-refractivity contribution in [3.05, 3.63) is 34.3 Å². The van der Waals surface area contributed by atoms with Crippen LogP contribution in [0.4, 0.5) is 14.5 Å². The van der Waals surface area contributed by atoms with Crippen LogP contribution >= 0.6 is 11.3 Å². The summed E-state index contributed by atoms with van der Waals surface area (Å²) in [6.07, 6.45) is 0. The molecule has 0 aliphatic carbocycles. The van der Waals surface area contributed by atoms with Crippen LogP contribution in [-0.2, 0) is 0 Å². The van der Waals surface area contributed by atoms with E-state index in [1.54, 1.807) is 17.6 Å². The van der Waals surface area contributed by atoms with E-state index in [0.717, 1.165) is 10.6 Å². The van der Waals surface area contributed by atoms with Gasteiger partial charge in [0.2, 0.25) is 0 Å². The molecule has 0 saturated carbocycles. The molecule has 1 aromatic heterocycles. The van der Waals surface area contributed by atoms with Crippen molar-refractivity contribution in [3.63, 3.8) is 0 Å². The zero-order valence-electron chi connectivity index (χ0n) is 11.9. The summed E-state index contributed by atoms with van der Waals surface area (Å²) in [5, 5.41) is 3.17. The largest absolute Gasteiger partial charge is 0.497 e. The van der Waals surface area contributed by atoms with Crippen LogP contribution in [0.1, 0.15) is 23.5 Å². The van der Waals surface area contributed by atoms with E-state index in [1.807, 2.05) is 13.8 Å². The van der Waals surface area contributed by atoms with Gasteiger partial charge in [0.05, 0.1) is 30.0 Å². The first-order chi connectivity index (χ1) is 10.0. The van der Waals surface area contributed by atoms with Crippen LogP contribution in [0.5, 0.6) is 11.5 Å². The van der Waals surface area contributed by atoms with Gasteiger partial charge < -0.3 is 14.8 Å². The first-order valence-electron chi connectivity index (χ1n) is 6.30. The molecule has 1 N–H and O–H groups in total.